The number of carbonyl (C=O) groups excluding carboxylic acids is 1. The number of nitrogens with two attached hydrogens (primary N) is 1. The van der Waals surface area contributed by atoms with Crippen LogP contribution in [-0.4, -0.2) is 55.9 Å². The summed E-state index contributed by atoms with van der Waals surface area (Å²) in [5, 5.41) is 15.7. The van der Waals surface area contributed by atoms with E-state index in [1.807, 2.05) is 13.1 Å². The lowest BCUT2D eigenvalue weighted by molar-refractivity contribution is -0.192. The minimum atomic E-state index is -5.08. The maximum Gasteiger partial charge on any atom is 0.490 e. The van der Waals surface area contributed by atoms with Gasteiger partial charge in [-0.2, -0.15) is 13.2 Å². The first-order valence-electron chi connectivity index (χ1n) is 8.00. The number of methoxy groups -OCH3 is 1. The molecule has 0 aliphatic carbocycles. The Morgan fingerprint density at radius 3 is 2.16 bits per heavy atom. The molecule has 10 nitrogen and oxygen atoms in total. The highest BCUT2D eigenvalue weighted by Crippen LogP contribution is 2.21. The largest absolute Gasteiger partial charge is 0.490 e. The standard InChI is InChI=1S/C13H13N3O3.C3H5NO.C2HF3O2/c1-9-7-16(8-14-9)11-5-3-10(4-6-12(17)18)15-13(11)19-2;1-2-3(4)5;3-2(4,5)1(6)7/h3-8H,1-2H3,(H,17,18);2H,1H2,(H2,4,5);(H,6,7)/b6-4+;;. The van der Waals surface area contributed by atoms with E-state index in [0.29, 0.717) is 11.6 Å². The third kappa shape index (κ3) is 10.8. The Bertz CT molecular complexity index is 954. The van der Waals surface area contributed by atoms with E-state index in [9.17, 15) is 22.8 Å². The maximum absolute atomic E-state index is 10.6. The Morgan fingerprint density at radius 1 is 1.26 bits per heavy atom. The van der Waals surface area contributed by atoms with Crippen LogP contribution in [0.5, 0.6) is 5.88 Å². The number of imidazole rings is 1. The molecule has 0 radical (unpaired) electrons. The van der Waals surface area contributed by atoms with Crippen molar-refractivity contribution in [2.75, 3.05) is 7.11 Å². The van der Waals surface area contributed by atoms with Crippen LogP contribution in [0.1, 0.15) is 11.4 Å². The summed E-state index contributed by atoms with van der Waals surface area (Å²) in [5.41, 5.74) is 6.68. The molecule has 0 aliphatic heterocycles. The van der Waals surface area contributed by atoms with Crippen LogP contribution in [0, 0.1) is 6.92 Å². The van der Waals surface area contributed by atoms with Crippen molar-refractivity contribution in [3.05, 3.63) is 54.8 Å². The fraction of sp³-hybridized carbons (Fsp3) is 0.167. The molecule has 0 aromatic carbocycles. The van der Waals surface area contributed by atoms with E-state index in [1.165, 1.54) is 13.2 Å². The van der Waals surface area contributed by atoms with Crippen molar-refractivity contribution in [1.29, 1.82) is 0 Å². The molecular formula is C18H19F3N4O6. The highest BCUT2D eigenvalue weighted by Gasteiger charge is 2.38. The summed E-state index contributed by atoms with van der Waals surface area (Å²) in [6.07, 6.45) is 1.94. The summed E-state index contributed by atoms with van der Waals surface area (Å²) in [4.78, 5) is 37.2. The number of carboxylic acid groups (broad SMARTS) is 2. The zero-order chi connectivity index (χ0) is 24.2. The van der Waals surface area contributed by atoms with Crippen molar-refractivity contribution in [1.82, 2.24) is 14.5 Å². The van der Waals surface area contributed by atoms with Crippen molar-refractivity contribution < 1.29 is 42.5 Å². The van der Waals surface area contributed by atoms with Gasteiger partial charge in [-0.15, -0.1) is 0 Å². The van der Waals surface area contributed by atoms with Crippen molar-refractivity contribution in [3.8, 4) is 11.6 Å². The monoisotopic (exact) mass is 444 g/mol. The molecule has 1 amide bonds. The van der Waals surface area contributed by atoms with Crippen LogP contribution in [0.2, 0.25) is 0 Å². The van der Waals surface area contributed by atoms with Crippen LogP contribution in [0.4, 0.5) is 13.2 Å². The SMILES string of the molecule is C=CC(N)=O.COc1nc(/C=C/C(=O)O)ccc1-n1cnc(C)c1.O=C(O)C(F)(F)F. The van der Waals surface area contributed by atoms with Crippen LogP contribution < -0.4 is 10.5 Å². The van der Waals surface area contributed by atoms with Gasteiger partial charge >= 0.3 is 18.1 Å². The van der Waals surface area contributed by atoms with E-state index in [1.54, 1.807) is 23.0 Å². The Balaban J connectivity index is 0.000000621. The van der Waals surface area contributed by atoms with Gasteiger partial charge in [-0.3, -0.25) is 4.79 Å². The average molecular weight is 444 g/mol. The Morgan fingerprint density at radius 2 is 1.81 bits per heavy atom. The minimum absolute atomic E-state index is 0.407. The smallest absolute Gasteiger partial charge is 0.479 e. The molecule has 4 N–H and O–H groups in total. The highest BCUT2D eigenvalue weighted by molar-refractivity contribution is 5.85. The number of halogens is 3. The van der Waals surface area contributed by atoms with E-state index in [4.69, 9.17) is 19.7 Å². The predicted molar refractivity (Wildman–Crippen MR) is 102 cm³/mol. The summed E-state index contributed by atoms with van der Waals surface area (Å²) < 4.78 is 38.7. The van der Waals surface area contributed by atoms with E-state index in [2.05, 4.69) is 22.3 Å². The molecule has 2 aromatic heterocycles. The molecule has 168 valence electrons. The lowest BCUT2D eigenvalue weighted by Gasteiger charge is -2.08. The van der Waals surface area contributed by atoms with E-state index in [0.717, 1.165) is 23.5 Å². The van der Waals surface area contributed by atoms with E-state index >= 15 is 0 Å². The number of aliphatic carboxylic acids is 2. The third-order valence-corrected chi connectivity index (χ3v) is 2.89. The van der Waals surface area contributed by atoms with Crippen molar-refractivity contribution in [3.63, 3.8) is 0 Å². The molecule has 0 bridgehead atoms. The second-order valence-corrected chi connectivity index (χ2v) is 5.27. The molecule has 0 fully saturated rings. The number of amides is 1. The maximum atomic E-state index is 10.6. The van der Waals surface area contributed by atoms with Crippen molar-refractivity contribution in [2.24, 2.45) is 5.73 Å². The number of hydrogen-bond acceptors (Lipinski definition) is 6. The van der Waals surface area contributed by atoms with E-state index < -0.39 is 24.0 Å². The fourth-order valence-corrected chi connectivity index (χ4v) is 1.60. The Hall–Kier alpha value is -4.16. The molecule has 0 unspecified atom stereocenters. The summed E-state index contributed by atoms with van der Waals surface area (Å²) in [6.45, 7) is 4.97. The number of ether oxygens (including phenoxy) is 1. The van der Waals surface area contributed by atoms with Gasteiger partial charge in [0.15, 0.2) is 0 Å². The lowest BCUT2D eigenvalue weighted by atomic mass is 10.3. The Labute approximate surface area is 174 Å². The lowest BCUT2D eigenvalue weighted by Crippen LogP contribution is -2.21. The van der Waals surface area contributed by atoms with Crippen LogP contribution in [0.15, 0.2) is 43.4 Å². The van der Waals surface area contributed by atoms with Crippen LogP contribution >= 0.6 is 0 Å². The zero-order valence-electron chi connectivity index (χ0n) is 16.3. The molecule has 31 heavy (non-hydrogen) atoms. The topological polar surface area (TPSA) is 158 Å². The zero-order valence-corrected chi connectivity index (χ0v) is 16.3. The second-order valence-electron chi connectivity index (χ2n) is 5.27. The van der Waals surface area contributed by atoms with Crippen LogP contribution in [0.25, 0.3) is 11.8 Å². The first-order valence-corrected chi connectivity index (χ1v) is 8.00. The normalized spacial score (nSPS) is 10.2. The van der Waals surface area contributed by atoms with Gasteiger partial charge in [0.05, 0.1) is 24.8 Å². The summed E-state index contributed by atoms with van der Waals surface area (Å²) in [6, 6.07) is 3.51. The number of carbonyl (C=O) groups is 3. The third-order valence-electron chi connectivity index (χ3n) is 2.89. The average Bonchev–Trinajstić information content (AvgIpc) is 3.12. The van der Waals surface area contributed by atoms with Gasteiger partial charge in [-0.25, -0.2) is 19.6 Å². The molecule has 0 spiro atoms. The first kappa shape index (κ1) is 26.8. The summed E-state index contributed by atoms with van der Waals surface area (Å²) >= 11 is 0. The number of primary amides is 1. The van der Waals surface area contributed by atoms with Gasteiger partial charge in [-0.1, -0.05) is 6.58 Å². The van der Waals surface area contributed by atoms with Gasteiger partial charge in [0.25, 0.3) is 0 Å². The second kappa shape index (κ2) is 12.4. The first-order chi connectivity index (χ1) is 14.3. The molecule has 0 atom stereocenters. The van der Waals surface area contributed by atoms with Gasteiger partial charge in [0, 0.05) is 12.3 Å². The van der Waals surface area contributed by atoms with Gasteiger partial charge < -0.3 is 25.3 Å². The Kier molecular flexibility index (Phi) is 10.7. The van der Waals surface area contributed by atoms with E-state index in [-0.39, 0.29) is 0 Å². The number of hydrogen-bond donors (Lipinski definition) is 3. The molecule has 2 rings (SSSR count). The number of aryl methyl sites for hydroxylation is 1. The van der Waals surface area contributed by atoms with Gasteiger partial charge in [0.1, 0.15) is 5.69 Å². The number of nitrogens with zero attached hydrogens (tertiary/aromatic N) is 3. The minimum Gasteiger partial charge on any atom is -0.479 e. The molecule has 0 saturated heterocycles. The molecular weight excluding hydrogens is 425 g/mol. The van der Waals surface area contributed by atoms with Gasteiger partial charge in [-0.05, 0) is 31.2 Å². The number of alkyl halides is 3. The summed E-state index contributed by atoms with van der Waals surface area (Å²) in [7, 11) is 1.51. The number of aromatic nitrogens is 3. The number of pyridine rings is 1. The number of carboxylic acids is 2. The molecule has 2 heterocycles. The molecule has 2 aromatic rings. The fourth-order valence-electron chi connectivity index (χ4n) is 1.60. The summed E-state index contributed by atoms with van der Waals surface area (Å²) in [5.74, 6) is -3.85. The molecule has 0 saturated carbocycles. The van der Waals surface area contributed by atoms with Crippen molar-refractivity contribution in [2.45, 2.75) is 13.1 Å². The van der Waals surface area contributed by atoms with Crippen LogP contribution in [0.3, 0.4) is 0 Å². The van der Waals surface area contributed by atoms with Crippen LogP contribution in [-0.2, 0) is 14.4 Å². The van der Waals surface area contributed by atoms with Crippen molar-refractivity contribution >= 4 is 23.9 Å². The quantitative estimate of drug-likeness (QED) is 0.591. The number of rotatable bonds is 5. The highest BCUT2D eigenvalue weighted by atomic mass is 19.4. The molecule has 13 heteroatoms. The predicted octanol–water partition coefficient (Wildman–Crippen LogP) is 1.97. The molecule has 0 aliphatic rings. The van der Waals surface area contributed by atoms with Gasteiger partial charge in [0.2, 0.25) is 11.8 Å².